The second-order valence-electron chi connectivity index (χ2n) is 2.42. The predicted molar refractivity (Wildman–Crippen MR) is 41.1 cm³/mol. The van der Waals surface area contributed by atoms with Crippen molar-refractivity contribution in [1.29, 1.82) is 0 Å². The fraction of sp³-hybridized carbons (Fsp3) is 0.125. The molecule has 0 fully saturated rings. The van der Waals surface area contributed by atoms with Crippen molar-refractivity contribution in [2.24, 2.45) is 0 Å². The average molecular weight is 160 g/mol. The third-order valence-electron chi connectivity index (χ3n) is 1.53. The monoisotopic (exact) mass is 160 g/mol. The lowest BCUT2D eigenvalue weighted by Gasteiger charge is -1.94. The van der Waals surface area contributed by atoms with Crippen molar-refractivity contribution in [1.82, 2.24) is 15.2 Å². The van der Waals surface area contributed by atoms with Crippen LogP contribution in [-0.2, 0) is 6.54 Å². The van der Waals surface area contributed by atoms with Gasteiger partial charge < -0.3 is 15.2 Å². The van der Waals surface area contributed by atoms with Crippen LogP contribution in [0.4, 0.5) is 0 Å². The lowest BCUT2D eigenvalue weighted by Crippen LogP contribution is -2.33. The van der Waals surface area contributed by atoms with Crippen LogP contribution in [0.2, 0.25) is 0 Å². The molecule has 0 amide bonds. The number of nitrogens with zero attached hydrogens (tertiary/aromatic N) is 4. The summed E-state index contributed by atoms with van der Waals surface area (Å²) in [6.45, 7) is 0.681. The summed E-state index contributed by atoms with van der Waals surface area (Å²) in [6.07, 6.45) is 5.39. The Morgan fingerprint density at radius 3 is 2.75 bits per heavy atom. The summed E-state index contributed by atoms with van der Waals surface area (Å²) >= 11 is 0. The molecule has 0 aliphatic heterocycles. The van der Waals surface area contributed by atoms with Crippen molar-refractivity contribution in [2.45, 2.75) is 6.54 Å². The van der Waals surface area contributed by atoms with Gasteiger partial charge in [0.2, 0.25) is 0 Å². The highest BCUT2D eigenvalue weighted by Crippen LogP contribution is 1.83. The number of aromatic nitrogens is 4. The molecule has 12 heavy (non-hydrogen) atoms. The van der Waals surface area contributed by atoms with Crippen LogP contribution < -0.4 is 9.55 Å². The van der Waals surface area contributed by atoms with Gasteiger partial charge in [0.25, 0.3) is 0 Å². The fourth-order valence-corrected chi connectivity index (χ4v) is 0.986. The van der Waals surface area contributed by atoms with Crippen molar-refractivity contribution in [2.75, 3.05) is 0 Å². The van der Waals surface area contributed by atoms with Crippen molar-refractivity contribution < 1.29 is 4.57 Å². The number of rotatable bonds is 2. The number of hydrogen-bond donors (Lipinski definition) is 0. The molecular weight excluding hydrogens is 152 g/mol. The highest BCUT2D eigenvalue weighted by atomic mass is 15.2. The van der Waals surface area contributed by atoms with Crippen LogP contribution in [0, 0.1) is 0 Å². The third-order valence-corrected chi connectivity index (χ3v) is 1.53. The van der Waals surface area contributed by atoms with Gasteiger partial charge >= 0.3 is 0 Å². The molecule has 2 aromatic rings. The minimum atomic E-state index is 0.681. The van der Waals surface area contributed by atoms with E-state index in [0.717, 1.165) is 5.82 Å². The van der Waals surface area contributed by atoms with Gasteiger partial charge in [0.05, 0.1) is 5.82 Å². The highest BCUT2D eigenvalue weighted by molar-refractivity contribution is 4.84. The Hall–Kier alpha value is -1.71. The van der Waals surface area contributed by atoms with Gasteiger partial charge in [0.15, 0.2) is 18.9 Å². The summed E-state index contributed by atoms with van der Waals surface area (Å²) in [6, 6.07) is 5.91. The molecule has 0 N–H and O–H groups in total. The van der Waals surface area contributed by atoms with E-state index >= 15 is 0 Å². The first-order chi connectivity index (χ1) is 5.95. The maximum Gasteiger partial charge on any atom is 0.178 e. The molecule has 0 aromatic carbocycles. The topological polar surface area (TPSA) is 43.8 Å². The Bertz CT molecular complexity index is 327. The van der Waals surface area contributed by atoms with Crippen LogP contribution in [0.25, 0.3) is 0 Å². The van der Waals surface area contributed by atoms with E-state index in [2.05, 4.69) is 15.2 Å². The largest absolute Gasteiger partial charge is 0.364 e. The minimum absolute atomic E-state index is 0.681. The van der Waals surface area contributed by atoms with Gasteiger partial charge in [-0.15, -0.1) is 0 Å². The molecule has 0 aliphatic carbocycles. The number of hydrogen-bond acceptors (Lipinski definition) is 2. The second kappa shape index (κ2) is 3.13. The first kappa shape index (κ1) is 6.97. The number of pyridine rings is 1. The standard InChI is InChI=1S/C8H8N4/c1-2-4-12(5-3-1)6-8-9-7-10-11-8/h1-5,7H,6H2. The Morgan fingerprint density at radius 2 is 2.08 bits per heavy atom. The van der Waals surface area contributed by atoms with E-state index in [0.29, 0.717) is 6.54 Å². The Labute approximate surface area is 69.9 Å². The second-order valence-corrected chi connectivity index (χ2v) is 2.42. The van der Waals surface area contributed by atoms with Gasteiger partial charge in [-0.2, -0.15) is 0 Å². The van der Waals surface area contributed by atoms with E-state index in [4.69, 9.17) is 0 Å². The molecule has 2 heterocycles. The zero-order valence-electron chi connectivity index (χ0n) is 6.46. The quantitative estimate of drug-likeness (QED) is 0.570. The molecule has 4 heteroatoms. The minimum Gasteiger partial charge on any atom is -0.364 e. The van der Waals surface area contributed by atoms with Crippen LogP contribution in [0.3, 0.4) is 0 Å². The molecule has 0 unspecified atom stereocenters. The van der Waals surface area contributed by atoms with E-state index in [-0.39, 0.29) is 0 Å². The molecule has 0 atom stereocenters. The van der Waals surface area contributed by atoms with Crippen molar-refractivity contribution in [3.63, 3.8) is 0 Å². The van der Waals surface area contributed by atoms with Gasteiger partial charge in [-0.05, 0) is 6.33 Å². The lowest BCUT2D eigenvalue weighted by atomic mass is 10.4. The summed E-state index contributed by atoms with van der Waals surface area (Å²) in [5, 5.41) is 7.47. The maximum atomic E-state index is 3.97. The zero-order chi connectivity index (χ0) is 8.23. The van der Waals surface area contributed by atoms with Gasteiger partial charge in [-0.25, -0.2) is 4.57 Å². The van der Waals surface area contributed by atoms with E-state index in [9.17, 15) is 0 Å². The van der Waals surface area contributed by atoms with Crippen LogP contribution in [0.15, 0.2) is 36.9 Å². The third kappa shape index (κ3) is 1.47. The fourth-order valence-electron chi connectivity index (χ4n) is 0.986. The Balaban J connectivity index is 2.15. The van der Waals surface area contributed by atoms with Gasteiger partial charge in [0.1, 0.15) is 0 Å². The van der Waals surface area contributed by atoms with E-state index in [1.165, 1.54) is 6.33 Å². The highest BCUT2D eigenvalue weighted by Gasteiger charge is 1.96. The van der Waals surface area contributed by atoms with Crippen molar-refractivity contribution in [3.05, 3.63) is 42.7 Å². The summed E-state index contributed by atoms with van der Waals surface area (Å²) in [7, 11) is 0. The van der Waals surface area contributed by atoms with Crippen LogP contribution in [0.1, 0.15) is 5.82 Å². The average Bonchev–Trinajstić information content (AvgIpc) is 2.59. The lowest BCUT2D eigenvalue weighted by molar-refractivity contribution is -0.689. The van der Waals surface area contributed by atoms with E-state index in [1.54, 1.807) is 0 Å². The molecule has 4 nitrogen and oxygen atoms in total. The Morgan fingerprint density at radius 1 is 1.25 bits per heavy atom. The van der Waals surface area contributed by atoms with E-state index < -0.39 is 0 Å². The van der Waals surface area contributed by atoms with Crippen molar-refractivity contribution >= 4 is 0 Å². The molecule has 0 spiro atoms. The predicted octanol–water partition coefficient (Wildman–Crippen LogP) is -0.230. The zero-order valence-corrected chi connectivity index (χ0v) is 6.46. The van der Waals surface area contributed by atoms with Crippen LogP contribution in [0.5, 0.6) is 0 Å². The maximum absolute atomic E-state index is 3.97. The Kier molecular flexibility index (Phi) is 1.82. The molecule has 0 aliphatic rings. The SMILES string of the molecule is c1cc[n+](Cc2nnc[n-]2)cc1. The van der Waals surface area contributed by atoms with E-state index in [1.807, 2.05) is 35.2 Å². The van der Waals surface area contributed by atoms with Gasteiger partial charge in [-0.1, -0.05) is 6.07 Å². The van der Waals surface area contributed by atoms with Crippen LogP contribution >= 0.6 is 0 Å². The summed E-state index contributed by atoms with van der Waals surface area (Å²) < 4.78 is 2.00. The molecule has 0 radical (unpaired) electrons. The normalized spacial score (nSPS) is 10.0. The molecule has 2 rings (SSSR count). The first-order valence-corrected chi connectivity index (χ1v) is 3.68. The molecule has 60 valence electrons. The summed E-state index contributed by atoms with van der Waals surface area (Å²) in [4.78, 5) is 3.97. The smallest absolute Gasteiger partial charge is 0.178 e. The van der Waals surface area contributed by atoms with Gasteiger partial charge in [-0.3, -0.25) is 0 Å². The molecule has 0 saturated heterocycles. The first-order valence-electron chi connectivity index (χ1n) is 3.68. The molecule has 0 bridgehead atoms. The van der Waals surface area contributed by atoms with Crippen molar-refractivity contribution in [3.8, 4) is 0 Å². The molecule has 2 aromatic heterocycles. The molecular formula is C8H8N4. The summed E-state index contributed by atoms with van der Waals surface area (Å²) in [5.74, 6) is 0.742. The van der Waals surface area contributed by atoms with Crippen LogP contribution in [-0.4, -0.2) is 10.2 Å². The summed E-state index contributed by atoms with van der Waals surface area (Å²) in [5.41, 5.74) is 0. The van der Waals surface area contributed by atoms with Gasteiger partial charge in [0, 0.05) is 12.1 Å². The molecule has 0 saturated carbocycles.